The van der Waals surface area contributed by atoms with E-state index in [1.165, 1.54) is 0 Å². The average molecular weight is 211 g/mol. The fourth-order valence-corrected chi connectivity index (χ4v) is 1.82. The van der Waals surface area contributed by atoms with Gasteiger partial charge in [-0.15, -0.1) is 0 Å². The Kier molecular flexibility index (Phi) is 1.92. The van der Waals surface area contributed by atoms with Gasteiger partial charge in [-0.05, 0) is 6.07 Å². The number of nitrogens with zero attached hydrogens (tertiary/aromatic N) is 1. The molecule has 0 aliphatic rings. The van der Waals surface area contributed by atoms with Crippen LogP contribution in [0.5, 0.6) is 0 Å². The first kappa shape index (κ1) is 9.01. The lowest BCUT2D eigenvalue weighted by Gasteiger charge is -2.00. The number of fused-ring (bicyclic) bond motifs is 1. The monoisotopic (exact) mass is 211 g/mol. The van der Waals surface area contributed by atoms with E-state index < -0.39 is 10.0 Å². The van der Waals surface area contributed by atoms with Gasteiger partial charge in [0.2, 0.25) is 10.0 Å². The van der Waals surface area contributed by atoms with Crippen LogP contribution in [0.1, 0.15) is 0 Å². The van der Waals surface area contributed by atoms with Gasteiger partial charge in [-0.25, -0.2) is 8.42 Å². The molecule has 0 radical (unpaired) electrons. The topological polar surface area (TPSA) is 74.8 Å². The number of nitrogens with one attached hydrogen (secondary N) is 2. The minimum atomic E-state index is -3.23. The van der Waals surface area contributed by atoms with E-state index in [0.29, 0.717) is 5.69 Å². The third-order valence-corrected chi connectivity index (χ3v) is 2.37. The number of anilines is 1. The van der Waals surface area contributed by atoms with Gasteiger partial charge in [0.15, 0.2) is 0 Å². The number of aromatic amines is 1. The molecule has 74 valence electrons. The molecule has 0 aromatic carbocycles. The molecule has 0 saturated carbocycles. The van der Waals surface area contributed by atoms with Gasteiger partial charge in [-0.1, -0.05) is 0 Å². The van der Waals surface area contributed by atoms with Crippen LogP contribution >= 0.6 is 0 Å². The van der Waals surface area contributed by atoms with Gasteiger partial charge in [0.05, 0.1) is 23.7 Å². The molecule has 0 aliphatic carbocycles. The summed E-state index contributed by atoms with van der Waals surface area (Å²) in [6, 6.07) is 1.75. The number of hydrogen-bond acceptors (Lipinski definition) is 3. The van der Waals surface area contributed by atoms with Crippen LogP contribution in [-0.2, 0) is 10.0 Å². The van der Waals surface area contributed by atoms with Crippen LogP contribution in [0.4, 0.5) is 5.69 Å². The quantitative estimate of drug-likeness (QED) is 0.776. The van der Waals surface area contributed by atoms with Crippen LogP contribution in [0.15, 0.2) is 24.7 Å². The van der Waals surface area contributed by atoms with Crippen molar-refractivity contribution in [2.75, 3.05) is 11.0 Å². The molecule has 0 amide bonds. The predicted molar refractivity (Wildman–Crippen MR) is 54.6 cm³/mol. The van der Waals surface area contributed by atoms with Gasteiger partial charge in [-0.2, -0.15) is 0 Å². The lowest BCUT2D eigenvalue weighted by atomic mass is 10.3. The van der Waals surface area contributed by atoms with Crippen LogP contribution < -0.4 is 4.72 Å². The molecule has 0 saturated heterocycles. The van der Waals surface area contributed by atoms with E-state index in [1.54, 1.807) is 24.7 Å². The molecular formula is C8H9N3O2S. The highest BCUT2D eigenvalue weighted by molar-refractivity contribution is 7.92. The Balaban J connectivity index is 2.54. The highest BCUT2D eigenvalue weighted by Gasteiger charge is 2.06. The zero-order valence-corrected chi connectivity index (χ0v) is 8.30. The number of sulfonamides is 1. The Morgan fingerprint density at radius 1 is 1.50 bits per heavy atom. The van der Waals surface area contributed by atoms with E-state index in [0.717, 1.165) is 17.2 Å². The Hall–Kier alpha value is -1.56. The van der Waals surface area contributed by atoms with Crippen molar-refractivity contribution in [3.05, 3.63) is 24.7 Å². The lowest BCUT2D eigenvalue weighted by molar-refractivity contribution is 0.607. The maximum absolute atomic E-state index is 11.0. The number of aromatic nitrogens is 2. The fraction of sp³-hybridized carbons (Fsp3) is 0.125. The molecule has 2 aromatic rings. The average Bonchev–Trinajstić information content (AvgIpc) is 2.47. The zero-order chi connectivity index (χ0) is 10.2. The first-order valence-electron chi connectivity index (χ1n) is 3.95. The number of pyridine rings is 1. The molecule has 0 spiro atoms. The van der Waals surface area contributed by atoms with Crippen LogP contribution in [-0.4, -0.2) is 24.6 Å². The molecule has 0 bridgehead atoms. The first-order chi connectivity index (χ1) is 6.56. The molecule has 14 heavy (non-hydrogen) atoms. The van der Waals surface area contributed by atoms with Crippen molar-refractivity contribution in [2.45, 2.75) is 0 Å². The molecule has 6 heteroatoms. The summed E-state index contributed by atoms with van der Waals surface area (Å²) in [5.41, 5.74) is 1.35. The Labute approximate surface area is 81.2 Å². The summed E-state index contributed by atoms with van der Waals surface area (Å²) in [5.74, 6) is 0. The smallest absolute Gasteiger partial charge is 0.229 e. The largest absolute Gasteiger partial charge is 0.358 e. The van der Waals surface area contributed by atoms with Crippen molar-refractivity contribution in [1.29, 1.82) is 0 Å². The van der Waals surface area contributed by atoms with Gasteiger partial charge in [0, 0.05) is 17.8 Å². The summed E-state index contributed by atoms with van der Waals surface area (Å²) >= 11 is 0. The minimum Gasteiger partial charge on any atom is -0.358 e. The number of rotatable bonds is 2. The first-order valence-corrected chi connectivity index (χ1v) is 5.84. The van der Waals surface area contributed by atoms with Crippen molar-refractivity contribution < 1.29 is 8.42 Å². The maximum atomic E-state index is 11.0. The van der Waals surface area contributed by atoms with Crippen molar-refractivity contribution in [1.82, 2.24) is 9.97 Å². The normalized spacial score (nSPS) is 11.8. The minimum absolute atomic E-state index is 0.546. The van der Waals surface area contributed by atoms with Crippen molar-refractivity contribution in [2.24, 2.45) is 0 Å². The van der Waals surface area contributed by atoms with E-state index in [9.17, 15) is 8.42 Å². The summed E-state index contributed by atoms with van der Waals surface area (Å²) < 4.78 is 24.4. The SMILES string of the molecule is CS(=O)(=O)Nc1c[nH]c2cnccc12. The molecule has 2 aromatic heterocycles. The van der Waals surface area contributed by atoms with Crippen molar-refractivity contribution >= 4 is 26.6 Å². The summed E-state index contributed by atoms with van der Waals surface area (Å²) in [6.07, 6.45) is 5.98. The van der Waals surface area contributed by atoms with Gasteiger partial charge in [0.1, 0.15) is 0 Å². The molecule has 2 heterocycles. The van der Waals surface area contributed by atoms with Crippen molar-refractivity contribution in [3.63, 3.8) is 0 Å². The molecular weight excluding hydrogens is 202 g/mol. The fourth-order valence-electron chi connectivity index (χ4n) is 1.26. The number of hydrogen-bond donors (Lipinski definition) is 2. The molecule has 0 atom stereocenters. The summed E-state index contributed by atoms with van der Waals surface area (Å²) in [5, 5.41) is 0.811. The highest BCUT2D eigenvalue weighted by Crippen LogP contribution is 2.22. The molecule has 5 nitrogen and oxygen atoms in total. The van der Waals surface area contributed by atoms with Crippen LogP contribution in [0.25, 0.3) is 10.9 Å². The summed E-state index contributed by atoms with van der Waals surface area (Å²) in [7, 11) is -3.23. The lowest BCUT2D eigenvalue weighted by Crippen LogP contribution is -2.08. The standard InChI is InChI=1S/C8H9N3O2S/c1-14(12,13)11-8-5-10-7-4-9-3-2-6(7)8/h2-5,10-11H,1H3. The van der Waals surface area contributed by atoms with Gasteiger partial charge in [0.25, 0.3) is 0 Å². The second-order valence-electron chi connectivity index (χ2n) is 3.00. The molecule has 0 aliphatic heterocycles. The number of H-pyrrole nitrogens is 1. The van der Waals surface area contributed by atoms with E-state index in [2.05, 4.69) is 14.7 Å². The van der Waals surface area contributed by atoms with Gasteiger partial charge in [-0.3, -0.25) is 9.71 Å². The van der Waals surface area contributed by atoms with Crippen LogP contribution in [0.3, 0.4) is 0 Å². The highest BCUT2D eigenvalue weighted by atomic mass is 32.2. The van der Waals surface area contributed by atoms with Crippen LogP contribution in [0.2, 0.25) is 0 Å². The summed E-state index contributed by atoms with van der Waals surface area (Å²) in [4.78, 5) is 6.84. The zero-order valence-electron chi connectivity index (χ0n) is 7.48. The molecule has 0 fully saturated rings. The third-order valence-electron chi connectivity index (χ3n) is 1.78. The Bertz CT molecular complexity index is 559. The summed E-state index contributed by atoms with van der Waals surface area (Å²) in [6.45, 7) is 0. The predicted octanol–water partition coefficient (Wildman–Crippen LogP) is 0.934. The Morgan fingerprint density at radius 2 is 2.29 bits per heavy atom. The van der Waals surface area contributed by atoms with E-state index in [4.69, 9.17) is 0 Å². The maximum Gasteiger partial charge on any atom is 0.229 e. The molecule has 0 unspecified atom stereocenters. The molecule has 2 rings (SSSR count). The van der Waals surface area contributed by atoms with E-state index in [1.807, 2.05) is 0 Å². The van der Waals surface area contributed by atoms with E-state index in [-0.39, 0.29) is 0 Å². The van der Waals surface area contributed by atoms with Gasteiger partial charge < -0.3 is 4.98 Å². The Morgan fingerprint density at radius 3 is 3.00 bits per heavy atom. The second-order valence-corrected chi connectivity index (χ2v) is 4.75. The second kappa shape index (κ2) is 2.98. The van der Waals surface area contributed by atoms with Crippen molar-refractivity contribution in [3.8, 4) is 0 Å². The third kappa shape index (κ3) is 1.69. The van der Waals surface area contributed by atoms with E-state index >= 15 is 0 Å². The molecule has 2 N–H and O–H groups in total. The van der Waals surface area contributed by atoms with Gasteiger partial charge >= 0.3 is 0 Å². The van der Waals surface area contributed by atoms with Crippen LogP contribution in [0, 0.1) is 0 Å².